The van der Waals surface area contributed by atoms with E-state index in [4.69, 9.17) is 4.74 Å². The molecule has 0 aliphatic carbocycles. The summed E-state index contributed by atoms with van der Waals surface area (Å²) in [5.74, 6) is -0.153. The molecule has 0 saturated carbocycles. The molecule has 2 fully saturated rings. The third-order valence-electron chi connectivity index (χ3n) is 4.62. The zero-order valence-corrected chi connectivity index (χ0v) is 15.7. The number of unbranched alkanes of at least 4 members (excludes halogenated alkanes) is 1. The monoisotopic (exact) mass is 369 g/mol. The highest BCUT2D eigenvalue weighted by atomic mass is 16.5. The molecule has 0 spiro atoms. The van der Waals surface area contributed by atoms with E-state index in [2.05, 4.69) is 15.5 Å². The molecule has 9 nitrogen and oxygen atoms in total. The average Bonchev–Trinajstić information content (AvgIpc) is 2.64. The molecule has 26 heavy (non-hydrogen) atoms. The van der Waals surface area contributed by atoms with Crippen molar-refractivity contribution < 1.29 is 19.1 Å². The number of ether oxygens (including phenoxy) is 1. The van der Waals surface area contributed by atoms with Gasteiger partial charge in [-0.2, -0.15) is 0 Å². The molecular weight excluding hydrogens is 338 g/mol. The van der Waals surface area contributed by atoms with Crippen molar-refractivity contribution in [3.05, 3.63) is 0 Å². The van der Waals surface area contributed by atoms with E-state index in [0.717, 1.165) is 25.9 Å². The minimum atomic E-state index is -0.432. The lowest BCUT2D eigenvalue weighted by molar-refractivity contribution is -0.137. The molecule has 2 saturated heterocycles. The molecule has 0 bridgehead atoms. The molecule has 2 N–H and O–H groups in total. The maximum Gasteiger partial charge on any atom is 0.321 e. The quantitative estimate of drug-likeness (QED) is 0.564. The molecule has 0 aromatic heterocycles. The number of urea groups is 1. The predicted molar refractivity (Wildman–Crippen MR) is 96.7 cm³/mol. The number of carbonyl (C=O) groups is 3. The number of nitrogens with one attached hydrogen (secondary N) is 2. The van der Waals surface area contributed by atoms with Crippen molar-refractivity contribution >= 4 is 17.8 Å². The first kappa shape index (κ1) is 20.6. The van der Waals surface area contributed by atoms with E-state index in [0.29, 0.717) is 52.5 Å². The highest BCUT2D eigenvalue weighted by molar-refractivity contribution is 5.95. The molecule has 148 valence electrons. The summed E-state index contributed by atoms with van der Waals surface area (Å²) >= 11 is 0. The van der Waals surface area contributed by atoms with Crippen LogP contribution in [-0.2, 0) is 14.3 Å². The molecule has 2 rings (SSSR count). The van der Waals surface area contributed by atoms with Crippen LogP contribution in [0.2, 0.25) is 0 Å². The largest absolute Gasteiger partial charge is 0.378 e. The molecule has 9 heteroatoms. The Bertz CT molecular complexity index is 474. The number of hydrogen-bond donors (Lipinski definition) is 2. The van der Waals surface area contributed by atoms with E-state index in [1.54, 1.807) is 0 Å². The molecule has 4 amide bonds. The van der Waals surface area contributed by atoms with Gasteiger partial charge in [0, 0.05) is 45.8 Å². The normalized spacial score (nSPS) is 19.2. The van der Waals surface area contributed by atoms with Gasteiger partial charge in [-0.05, 0) is 6.42 Å². The highest BCUT2D eigenvalue weighted by Crippen LogP contribution is 2.04. The number of carbonyl (C=O) groups excluding carboxylic acids is 3. The van der Waals surface area contributed by atoms with Gasteiger partial charge in [-0.25, -0.2) is 4.79 Å². The topological polar surface area (TPSA) is 94.2 Å². The SMILES string of the molecule is CCCCNC(=O)NC(=O)CN1CCN(CC(=O)N2CCOCC2)CC1. The lowest BCUT2D eigenvalue weighted by Gasteiger charge is -2.35. The Balaban J connectivity index is 1.61. The van der Waals surface area contributed by atoms with Crippen LogP contribution in [0.5, 0.6) is 0 Å². The standard InChI is InChI=1S/C17H31N5O4/c1-2-3-4-18-17(25)19-15(23)13-20-5-7-21(8-6-20)14-16(24)22-9-11-26-12-10-22/h2-14H2,1H3,(H2,18,19,23,25). The maximum absolute atomic E-state index is 12.3. The maximum atomic E-state index is 12.3. The fourth-order valence-electron chi connectivity index (χ4n) is 3.00. The number of hydrogen-bond acceptors (Lipinski definition) is 6. The molecule has 2 aliphatic heterocycles. The zero-order chi connectivity index (χ0) is 18.8. The molecule has 2 heterocycles. The number of imide groups is 1. The van der Waals surface area contributed by atoms with Crippen molar-refractivity contribution in [1.29, 1.82) is 0 Å². The number of nitrogens with zero attached hydrogens (tertiary/aromatic N) is 3. The van der Waals surface area contributed by atoms with E-state index >= 15 is 0 Å². The summed E-state index contributed by atoms with van der Waals surface area (Å²) in [6.07, 6.45) is 1.89. The van der Waals surface area contributed by atoms with Crippen LogP contribution in [0.15, 0.2) is 0 Å². The van der Waals surface area contributed by atoms with Crippen LogP contribution >= 0.6 is 0 Å². The van der Waals surface area contributed by atoms with Gasteiger partial charge in [0.15, 0.2) is 0 Å². The molecule has 0 atom stereocenters. The van der Waals surface area contributed by atoms with Crippen molar-refractivity contribution in [3.63, 3.8) is 0 Å². The van der Waals surface area contributed by atoms with Gasteiger partial charge < -0.3 is 15.0 Å². The summed E-state index contributed by atoms with van der Waals surface area (Å²) in [6.45, 7) is 8.69. The van der Waals surface area contributed by atoms with Crippen LogP contribution < -0.4 is 10.6 Å². The highest BCUT2D eigenvalue weighted by Gasteiger charge is 2.24. The van der Waals surface area contributed by atoms with Crippen molar-refractivity contribution in [2.24, 2.45) is 0 Å². The van der Waals surface area contributed by atoms with Crippen molar-refractivity contribution in [1.82, 2.24) is 25.3 Å². The van der Waals surface area contributed by atoms with Crippen LogP contribution in [0.1, 0.15) is 19.8 Å². The molecule has 0 aromatic carbocycles. The first-order valence-corrected chi connectivity index (χ1v) is 9.46. The Morgan fingerprint density at radius 3 is 2.15 bits per heavy atom. The molecule has 0 radical (unpaired) electrons. The third kappa shape index (κ3) is 7.27. The van der Waals surface area contributed by atoms with E-state index in [1.165, 1.54) is 0 Å². The zero-order valence-electron chi connectivity index (χ0n) is 15.7. The smallest absolute Gasteiger partial charge is 0.321 e. The van der Waals surface area contributed by atoms with Crippen LogP contribution in [0.4, 0.5) is 4.79 Å². The van der Waals surface area contributed by atoms with Gasteiger partial charge in [0.2, 0.25) is 11.8 Å². The second-order valence-electron chi connectivity index (χ2n) is 6.70. The minimum Gasteiger partial charge on any atom is -0.378 e. The average molecular weight is 369 g/mol. The molecule has 0 aromatic rings. The summed E-state index contributed by atoms with van der Waals surface area (Å²) in [4.78, 5) is 41.7. The summed E-state index contributed by atoms with van der Waals surface area (Å²) in [5.41, 5.74) is 0. The number of morpholine rings is 1. The Kier molecular flexibility index (Phi) is 8.79. The molecule has 0 unspecified atom stereocenters. The molecular formula is C17H31N5O4. The van der Waals surface area contributed by atoms with Gasteiger partial charge in [0.25, 0.3) is 0 Å². The lowest BCUT2D eigenvalue weighted by atomic mass is 10.3. The van der Waals surface area contributed by atoms with Gasteiger partial charge >= 0.3 is 6.03 Å². The van der Waals surface area contributed by atoms with Crippen molar-refractivity contribution in [2.75, 3.05) is 72.1 Å². The fraction of sp³-hybridized carbons (Fsp3) is 0.824. The van der Waals surface area contributed by atoms with Gasteiger partial charge in [-0.3, -0.25) is 24.7 Å². The van der Waals surface area contributed by atoms with E-state index in [1.807, 2.05) is 16.7 Å². The second-order valence-corrected chi connectivity index (χ2v) is 6.70. The molecule has 2 aliphatic rings. The Hall–Kier alpha value is -1.71. The van der Waals surface area contributed by atoms with Crippen LogP contribution in [0.25, 0.3) is 0 Å². The van der Waals surface area contributed by atoms with Crippen molar-refractivity contribution in [2.45, 2.75) is 19.8 Å². The third-order valence-corrected chi connectivity index (χ3v) is 4.62. The number of rotatable bonds is 7. The predicted octanol–water partition coefficient (Wildman–Crippen LogP) is -0.911. The van der Waals surface area contributed by atoms with E-state index < -0.39 is 6.03 Å². The Morgan fingerprint density at radius 1 is 0.923 bits per heavy atom. The van der Waals surface area contributed by atoms with Gasteiger partial charge in [0.1, 0.15) is 0 Å². The van der Waals surface area contributed by atoms with Crippen LogP contribution in [0.3, 0.4) is 0 Å². The summed E-state index contributed by atoms with van der Waals surface area (Å²) in [5, 5.41) is 5.02. The van der Waals surface area contributed by atoms with Gasteiger partial charge in [-0.15, -0.1) is 0 Å². The Morgan fingerprint density at radius 2 is 1.54 bits per heavy atom. The Labute approximate surface area is 155 Å². The van der Waals surface area contributed by atoms with Gasteiger partial charge in [-0.1, -0.05) is 13.3 Å². The van der Waals surface area contributed by atoms with Crippen LogP contribution in [0, 0.1) is 0 Å². The van der Waals surface area contributed by atoms with Crippen LogP contribution in [-0.4, -0.2) is 105 Å². The second kappa shape index (κ2) is 11.1. The number of piperazine rings is 1. The number of amides is 4. The van der Waals surface area contributed by atoms with E-state index in [-0.39, 0.29) is 18.4 Å². The first-order valence-electron chi connectivity index (χ1n) is 9.46. The van der Waals surface area contributed by atoms with Gasteiger partial charge in [0.05, 0.1) is 26.3 Å². The van der Waals surface area contributed by atoms with E-state index in [9.17, 15) is 14.4 Å². The lowest BCUT2D eigenvalue weighted by Crippen LogP contribution is -2.53. The first-order chi connectivity index (χ1) is 12.6. The summed E-state index contributed by atoms with van der Waals surface area (Å²) in [6, 6.07) is -0.432. The minimum absolute atomic E-state index is 0.142. The van der Waals surface area contributed by atoms with Crippen molar-refractivity contribution in [3.8, 4) is 0 Å². The summed E-state index contributed by atoms with van der Waals surface area (Å²) in [7, 11) is 0. The fourth-order valence-corrected chi connectivity index (χ4v) is 3.00. The summed E-state index contributed by atoms with van der Waals surface area (Å²) < 4.78 is 5.27.